The molecule has 1 rings (SSSR count). The van der Waals surface area contributed by atoms with Gasteiger partial charge in [0.05, 0.1) is 11.5 Å². The lowest BCUT2D eigenvalue weighted by Gasteiger charge is -2.12. The zero-order chi connectivity index (χ0) is 14.1. The SMILES string of the molecule is COCC(C)NC(=O)CCCNC(=O)c1cccs1. The van der Waals surface area contributed by atoms with Crippen molar-refractivity contribution in [3.8, 4) is 0 Å². The van der Waals surface area contributed by atoms with Crippen molar-refractivity contribution in [2.75, 3.05) is 20.3 Å². The van der Waals surface area contributed by atoms with Gasteiger partial charge in [0.25, 0.3) is 5.91 Å². The van der Waals surface area contributed by atoms with Gasteiger partial charge in [0.1, 0.15) is 0 Å². The zero-order valence-electron chi connectivity index (χ0n) is 11.3. The van der Waals surface area contributed by atoms with Crippen molar-refractivity contribution in [2.45, 2.75) is 25.8 Å². The number of rotatable bonds is 8. The van der Waals surface area contributed by atoms with Gasteiger partial charge in [-0.05, 0) is 24.8 Å². The highest BCUT2D eigenvalue weighted by Gasteiger charge is 2.08. The molecule has 0 fully saturated rings. The van der Waals surface area contributed by atoms with Crippen molar-refractivity contribution in [2.24, 2.45) is 0 Å². The summed E-state index contributed by atoms with van der Waals surface area (Å²) in [7, 11) is 1.60. The predicted octanol–water partition coefficient (Wildman–Crippen LogP) is 1.41. The molecule has 106 valence electrons. The van der Waals surface area contributed by atoms with Gasteiger partial charge in [-0.25, -0.2) is 0 Å². The molecule has 19 heavy (non-hydrogen) atoms. The van der Waals surface area contributed by atoms with Crippen LogP contribution in [0, 0.1) is 0 Å². The summed E-state index contributed by atoms with van der Waals surface area (Å²) >= 11 is 1.40. The van der Waals surface area contributed by atoms with E-state index in [2.05, 4.69) is 10.6 Å². The molecule has 2 amide bonds. The van der Waals surface area contributed by atoms with E-state index in [1.54, 1.807) is 13.2 Å². The summed E-state index contributed by atoms with van der Waals surface area (Å²) in [4.78, 5) is 23.8. The quantitative estimate of drug-likeness (QED) is 0.709. The molecule has 0 aromatic carbocycles. The van der Waals surface area contributed by atoms with Crippen molar-refractivity contribution < 1.29 is 14.3 Å². The number of ether oxygens (including phenoxy) is 1. The molecule has 0 bridgehead atoms. The number of thiophene rings is 1. The number of amides is 2. The second-order valence-electron chi connectivity index (χ2n) is 4.26. The summed E-state index contributed by atoms with van der Waals surface area (Å²) in [6, 6.07) is 3.63. The summed E-state index contributed by atoms with van der Waals surface area (Å²) in [6.07, 6.45) is 1.03. The normalized spacial score (nSPS) is 11.9. The molecular weight excluding hydrogens is 264 g/mol. The van der Waals surface area contributed by atoms with Gasteiger partial charge in [-0.2, -0.15) is 0 Å². The fourth-order valence-electron chi connectivity index (χ4n) is 1.58. The van der Waals surface area contributed by atoms with E-state index in [-0.39, 0.29) is 17.9 Å². The van der Waals surface area contributed by atoms with E-state index >= 15 is 0 Å². The van der Waals surface area contributed by atoms with Crippen LogP contribution in [0.5, 0.6) is 0 Å². The molecule has 0 aliphatic heterocycles. The molecule has 1 heterocycles. The van der Waals surface area contributed by atoms with Crippen LogP contribution in [0.15, 0.2) is 17.5 Å². The van der Waals surface area contributed by atoms with E-state index in [0.717, 1.165) is 0 Å². The number of carbonyl (C=O) groups is 2. The third kappa shape index (κ3) is 6.35. The molecule has 0 saturated carbocycles. The average molecular weight is 284 g/mol. The van der Waals surface area contributed by atoms with E-state index in [4.69, 9.17) is 4.74 Å². The summed E-state index contributed by atoms with van der Waals surface area (Å²) in [5, 5.41) is 7.47. The topological polar surface area (TPSA) is 67.4 Å². The van der Waals surface area contributed by atoms with Crippen LogP contribution in [-0.2, 0) is 9.53 Å². The van der Waals surface area contributed by atoms with Crippen molar-refractivity contribution in [1.82, 2.24) is 10.6 Å². The average Bonchev–Trinajstić information content (AvgIpc) is 2.88. The predicted molar refractivity (Wildman–Crippen MR) is 75.4 cm³/mol. The van der Waals surface area contributed by atoms with E-state index in [1.165, 1.54) is 11.3 Å². The van der Waals surface area contributed by atoms with Gasteiger partial charge in [-0.3, -0.25) is 9.59 Å². The molecule has 0 aliphatic carbocycles. The third-order valence-corrected chi connectivity index (χ3v) is 3.30. The highest BCUT2D eigenvalue weighted by Crippen LogP contribution is 2.07. The molecular formula is C13H20N2O3S. The van der Waals surface area contributed by atoms with Crippen LogP contribution in [0.3, 0.4) is 0 Å². The number of carbonyl (C=O) groups excluding carboxylic acids is 2. The second kappa shape index (κ2) is 8.66. The summed E-state index contributed by atoms with van der Waals surface area (Å²) in [5.74, 6) is -0.0990. The fourth-order valence-corrected chi connectivity index (χ4v) is 2.22. The highest BCUT2D eigenvalue weighted by molar-refractivity contribution is 7.12. The molecule has 2 N–H and O–H groups in total. The van der Waals surface area contributed by atoms with Crippen LogP contribution < -0.4 is 10.6 Å². The molecule has 0 aliphatic rings. The number of methoxy groups -OCH3 is 1. The maximum atomic E-state index is 11.6. The lowest BCUT2D eigenvalue weighted by atomic mass is 10.2. The van der Waals surface area contributed by atoms with Gasteiger partial charge in [0.15, 0.2) is 0 Å². The lowest BCUT2D eigenvalue weighted by Crippen LogP contribution is -2.36. The van der Waals surface area contributed by atoms with Gasteiger partial charge >= 0.3 is 0 Å². The molecule has 1 unspecified atom stereocenters. The largest absolute Gasteiger partial charge is 0.383 e. The van der Waals surface area contributed by atoms with Gasteiger partial charge in [0, 0.05) is 26.1 Å². The molecule has 1 aromatic heterocycles. The zero-order valence-corrected chi connectivity index (χ0v) is 12.1. The van der Waals surface area contributed by atoms with Gasteiger partial charge < -0.3 is 15.4 Å². The van der Waals surface area contributed by atoms with Gasteiger partial charge in [-0.1, -0.05) is 6.07 Å². The second-order valence-corrected chi connectivity index (χ2v) is 5.21. The Morgan fingerprint density at radius 2 is 2.26 bits per heavy atom. The fraction of sp³-hybridized carbons (Fsp3) is 0.538. The molecule has 0 radical (unpaired) electrons. The minimum absolute atomic E-state index is 0.0122. The molecule has 1 aromatic rings. The summed E-state index contributed by atoms with van der Waals surface area (Å²) in [6.45, 7) is 2.89. The van der Waals surface area contributed by atoms with E-state index in [9.17, 15) is 9.59 Å². The van der Waals surface area contributed by atoms with E-state index in [1.807, 2.05) is 18.4 Å². The van der Waals surface area contributed by atoms with Crippen molar-refractivity contribution >= 4 is 23.2 Å². The minimum Gasteiger partial charge on any atom is -0.383 e. The van der Waals surface area contributed by atoms with E-state index < -0.39 is 0 Å². The van der Waals surface area contributed by atoms with Crippen LogP contribution in [0.4, 0.5) is 0 Å². The first-order valence-electron chi connectivity index (χ1n) is 6.23. The lowest BCUT2D eigenvalue weighted by molar-refractivity contribution is -0.122. The molecule has 0 spiro atoms. The Bertz CT molecular complexity index is 393. The van der Waals surface area contributed by atoms with Crippen molar-refractivity contribution in [3.63, 3.8) is 0 Å². The van der Waals surface area contributed by atoms with Gasteiger partial charge in [-0.15, -0.1) is 11.3 Å². The third-order valence-electron chi connectivity index (χ3n) is 2.44. The monoisotopic (exact) mass is 284 g/mol. The molecule has 5 nitrogen and oxygen atoms in total. The first-order chi connectivity index (χ1) is 9.13. The first kappa shape index (κ1) is 15.7. The van der Waals surface area contributed by atoms with Crippen molar-refractivity contribution in [3.05, 3.63) is 22.4 Å². The minimum atomic E-state index is -0.0804. The maximum absolute atomic E-state index is 11.6. The van der Waals surface area contributed by atoms with Crippen LogP contribution in [0.2, 0.25) is 0 Å². The standard InChI is InChI=1S/C13H20N2O3S/c1-10(9-18-2)15-12(16)6-3-7-14-13(17)11-5-4-8-19-11/h4-5,8,10H,3,6-7,9H2,1-2H3,(H,14,17)(H,15,16). The Kier molecular flexibility index (Phi) is 7.14. The maximum Gasteiger partial charge on any atom is 0.261 e. The Morgan fingerprint density at radius 1 is 1.47 bits per heavy atom. The number of nitrogens with one attached hydrogen (secondary N) is 2. The molecule has 0 saturated heterocycles. The Balaban J connectivity index is 2.10. The molecule has 1 atom stereocenters. The van der Waals surface area contributed by atoms with Crippen LogP contribution in [0.25, 0.3) is 0 Å². The molecule has 6 heteroatoms. The Labute approximate surface area is 117 Å². The van der Waals surface area contributed by atoms with Crippen LogP contribution in [-0.4, -0.2) is 38.1 Å². The summed E-state index contributed by atoms with van der Waals surface area (Å²) < 4.78 is 4.93. The van der Waals surface area contributed by atoms with Crippen LogP contribution in [0.1, 0.15) is 29.4 Å². The first-order valence-corrected chi connectivity index (χ1v) is 7.11. The van der Waals surface area contributed by atoms with E-state index in [0.29, 0.717) is 30.9 Å². The number of hydrogen-bond acceptors (Lipinski definition) is 4. The number of hydrogen-bond donors (Lipinski definition) is 2. The summed E-state index contributed by atoms with van der Waals surface area (Å²) in [5.41, 5.74) is 0. The Hall–Kier alpha value is -1.40. The Morgan fingerprint density at radius 3 is 2.89 bits per heavy atom. The smallest absolute Gasteiger partial charge is 0.261 e. The van der Waals surface area contributed by atoms with Crippen molar-refractivity contribution in [1.29, 1.82) is 0 Å². The van der Waals surface area contributed by atoms with Gasteiger partial charge in [0.2, 0.25) is 5.91 Å². The van der Waals surface area contributed by atoms with Crippen LogP contribution >= 0.6 is 11.3 Å². The highest BCUT2D eigenvalue weighted by atomic mass is 32.1.